The molecule has 4 rings (SSSR count). The number of aromatic amines is 1. The van der Waals surface area contributed by atoms with Crippen LogP contribution in [0, 0.1) is 0 Å². The van der Waals surface area contributed by atoms with Gasteiger partial charge in [-0.1, -0.05) is 11.6 Å². The molecule has 5 nitrogen and oxygen atoms in total. The molecule has 28 heavy (non-hydrogen) atoms. The third-order valence-corrected chi connectivity index (χ3v) is 4.89. The molecule has 2 heterocycles. The molecule has 0 amide bonds. The van der Waals surface area contributed by atoms with Crippen LogP contribution in [0.4, 0.5) is 0 Å². The van der Waals surface area contributed by atoms with Crippen molar-refractivity contribution in [2.24, 2.45) is 0 Å². The number of hydrogen-bond acceptors (Lipinski definition) is 3. The molecule has 0 aliphatic rings. The summed E-state index contributed by atoms with van der Waals surface area (Å²) in [5, 5.41) is 1.47. The van der Waals surface area contributed by atoms with E-state index in [2.05, 4.69) is 4.98 Å². The second-order valence-corrected chi connectivity index (χ2v) is 6.87. The molecular weight excluding hydrogens is 376 g/mol. The number of hydrogen-bond donors (Lipinski definition) is 1. The van der Waals surface area contributed by atoms with Gasteiger partial charge >= 0.3 is 0 Å². The molecule has 0 aliphatic heterocycles. The summed E-state index contributed by atoms with van der Waals surface area (Å²) in [6.07, 6.45) is 1.79. The van der Waals surface area contributed by atoms with Crippen molar-refractivity contribution in [1.82, 2.24) is 9.55 Å². The predicted octanol–water partition coefficient (Wildman–Crippen LogP) is 4.27. The highest BCUT2D eigenvalue weighted by molar-refractivity contribution is 6.30. The summed E-state index contributed by atoms with van der Waals surface area (Å²) < 4.78 is 6.97. The maximum absolute atomic E-state index is 12.8. The van der Waals surface area contributed by atoms with Crippen LogP contribution in [0.5, 0.6) is 5.75 Å². The van der Waals surface area contributed by atoms with Crippen LogP contribution in [0.3, 0.4) is 0 Å². The number of carbonyl (C=O) groups is 1. The molecule has 2 aromatic carbocycles. The summed E-state index contributed by atoms with van der Waals surface area (Å²) in [7, 11) is 1.58. The smallest absolute Gasteiger partial charge is 0.253 e. The summed E-state index contributed by atoms with van der Waals surface area (Å²) in [5.41, 5.74) is 2.14. The maximum Gasteiger partial charge on any atom is 0.253 e. The van der Waals surface area contributed by atoms with Crippen LogP contribution in [0.15, 0.2) is 71.7 Å². The Morgan fingerprint density at radius 1 is 1.11 bits per heavy atom. The lowest BCUT2D eigenvalue weighted by molar-refractivity contribution is 0.103. The summed E-state index contributed by atoms with van der Waals surface area (Å²) in [5.74, 6) is 0.556. The van der Waals surface area contributed by atoms with E-state index in [1.54, 1.807) is 60.3 Å². The van der Waals surface area contributed by atoms with Crippen LogP contribution in [0.1, 0.15) is 21.6 Å². The van der Waals surface area contributed by atoms with Gasteiger partial charge in [0.2, 0.25) is 5.78 Å². The molecule has 4 aromatic rings. The fourth-order valence-corrected chi connectivity index (χ4v) is 3.29. The van der Waals surface area contributed by atoms with Crippen LogP contribution in [0.2, 0.25) is 5.02 Å². The zero-order valence-electron chi connectivity index (χ0n) is 15.1. The number of ketones is 1. The van der Waals surface area contributed by atoms with Crippen LogP contribution < -0.4 is 10.3 Å². The van der Waals surface area contributed by atoms with Crippen LogP contribution >= 0.6 is 11.6 Å². The number of rotatable bonds is 5. The molecule has 0 radical (unpaired) electrons. The van der Waals surface area contributed by atoms with Crippen LogP contribution in [-0.2, 0) is 6.54 Å². The van der Waals surface area contributed by atoms with Gasteiger partial charge in [-0.25, -0.2) is 0 Å². The monoisotopic (exact) mass is 392 g/mol. The number of nitrogens with one attached hydrogen (secondary N) is 1. The number of nitrogens with zero attached hydrogens (tertiary/aromatic N) is 1. The van der Waals surface area contributed by atoms with Gasteiger partial charge in [-0.3, -0.25) is 9.59 Å². The van der Waals surface area contributed by atoms with E-state index in [9.17, 15) is 9.59 Å². The van der Waals surface area contributed by atoms with Gasteiger partial charge < -0.3 is 14.3 Å². The summed E-state index contributed by atoms with van der Waals surface area (Å²) in [4.78, 5) is 28.3. The summed E-state index contributed by atoms with van der Waals surface area (Å²) in [6, 6.07) is 17.7. The van der Waals surface area contributed by atoms with Crippen molar-refractivity contribution in [3.8, 4) is 5.75 Å². The molecule has 0 fully saturated rings. The van der Waals surface area contributed by atoms with Crippen molar-refractivity contribution in [3.05, 3.63) is 99.1 Å². The second kappa shape index (κ2) is 7.37. The number of carbonyl (C=O) groups excluding carboxylic acids is 1. The zero-order valence-corrected chi connectivity index (χ0v) is 15.9. The Morgan fingerprint density at radius 2 is 1.89 bits per heavy atom. The first-order valence-electron chi connectivity index (χ1n) is 8.70. The van der Waals surface area contributed by atoms with Crippen molar-refractivity contribution in [2.75, 3.05) is 7.11 Å². The molecule has 0 atom stereocenters. The molecule has 1 N–H and O–H groups in total. The van der Waals surface area contributed by atoms with Gasteiger partial charge in [0.05, 0.1) is 24.9 Å². The number of methoxy groups -OCH3 is 1. The minimum absolute atomic E-state index is 0.122. The van der Waals surface area contributed by atoms with E-state index in [0.717, 1.165) is 5.39 Å². The molecule has 0 unspecified atom stereocenters. The van der Waals surface area contributed by atoms with E-state index in [-0.39, 0.29) is 11.3 Å². The lowest BCUT2D eigenvalue weighted by Gasteiger charge is -2.10. The minimum atomic E-state index is -0.195. The molecule has 0 saturated heterocycles. The maximum atomic E-state index is 12.8. The van der Waals surface area contributed by atoms with Crippen molar-refractivity contribution < 1.29 is 9.53 Å². The number of halogens is 1. The molecule has 140 valence electrons. The van der Waals surface area contributed by atoms with Gasteiger partial charge in [0.15, 0.2) is 0 Å². The van der Waals surface area contributed by atoms with Gasteiger partial charge in [0.1, 0.15) is 5.75 Å². The largest absolute Gasteiger partial charge is 0.497 e. The number of benzene rings is 2. The van der Waals surface area contributed by atoms with Crippen molar-refractivity contribution in [1.29, 1.82) is 0 Å². The SMILES string of the molecule is COc1ccc2cc(Cn3cccc3C(=O)c3ccc(Cl)cc3)c(=O)[nH]c2c1. The molecule has 0 aliphatic carbocycles. The van der Waals surface area contributed by atoms with Crippen molar-refractivity contribution >= 4 is 28.3 Å². The van der Waals surface area contributed by atoms with Gasteiger partial charge in [0, 0.05) is 28.4 Å². The van der Waals surface area contributed by atoms with E-state index in [1.807, 2.05) is 18.2 Å². The number of H-pyrrole nitrogens is 1. The molecular formula is C22H17ClN2O3. The first-order chi connectivity index (χ1) is 13.5. The highest BCUT2D eigenvalue weighted by Gasteiger charge is 2.15. The third kappa shape index (κ3) is 3.44. The Hall–Kier alpha value is -3.31. The van der Waals surface area contributed by atoms with Crippen LogP contribution in [0.25, 0.3) is 10.9 Å². The molecule has 2 aromatic heterocycles. The van der Waals surface area contributed by atoms with Gasteiger partial charge in [0.25, 0.3) is 5.56 Å². The first-order valence-corrected chi connectivity index (χ1v) is 9.08. The van der Waals surface area contributed by atoms with Gasteiger partial charge in [-0.05, 0) is 60.0 Å². The van der Waals surface area contributed by atoms with E-state index < -0.39 is 0 Å². The van der Waals surface area contributed by atoms with Gasteiger partial charge in [-0.15, -0.1) is 0 Å². The average Bonchev–Trinajstić information content (AvgIpc) is 3.16. The van der Waals surface area contributed by atoms with E-state index in [0.29, 0.717) is 39.7 Å². The normalized spacial score (nSPS) is 10.9. The average molecular weight is 393 g/mol. The second-order valence-electron chi connectivity index (χ2n) is 6.43. The topological polar surface area (TPSA) is 64.1 Å². The number of pyridine rings is 1. The van der Waals surface area contributed by atoms with E-state index in [1.165, 1.54) is 0 Å². The quantitative estimate of drug-likeness (QED) is 0.516. The number of aromatic nitrogens is 2. The van der Waals surface area contributed by atoms with Crippen LogP contribution in [-0.4, -0.2) is 22.4 Å². The van der Waals surface area contributed by atoms with Crippen molar-refractivity contribution in [3.63, 3.8) is 0 Å². The predicted molar refractivity (Wildman–Crippen MR) is 110 cm³/mol. The molecule has 0 spiro atoms. The lowest BCUT2D eigenvalue weighted by Crippen LogP contribution is -2.18. The van der Waals surface area contributed by atoms with Gasteiger partial charge in [-0.2, -0.15) is 0 Å². The Balaban J connectivity index is 1.68. The molecule has 0 bridgehead atoms. The lowest BCUT2D eigenvalue weighted by atomic mass is 10.1. The first kappa shape index (κ1) is 18.1. The standard InChI is InChI=1S/C22H17ClN2O3/c1-28-18-9-6-15-11-16(22(27)24-19(15)12-18)13-25-10-2-3-20(25)21(26)14-4-7-17(23)8-5-14/h2-12H,13H2,1H3,(H,24,27). The van der Waals surface area contributed by atoms with E-state index in [4.69, 9.17) is 16.3 Å². The summed E-state index contributed by atoms with van der Waals surface area (Å²) in [6.45, 7) is 0.291. The fraction of sp³-hybridized carbons (Fsp3) is 0.0909. The molecule has 0 saturated carbocycles. The van der Waals surface area contributed by atoms with E-state index >= 15 is 0 Å². The number of ether oxygens (including phenoxy) is 1. The Labute approximate surface area is 166 Å². The molecule has 6 heteroatoms. The number of fused-ring (bicyclic) bond motifs is 1. The fourth-order valence-electron chi connectivity index (χ4n) is 3.16. The highest BCUT2D eigenvalue weighted by Crippen LogP contribution is 2.20. The third-order valence-electron chi connectivity index (χ3n) is 4.64. The Morgan fingerprint density at radius 3 is 2.64 bits per heavy atom. The highest BCUT2D eigenvalue weighted by atomic mass is 35.5. The van der Waals surface area contributed by atoms with Crippen molar-refractivity contribution in [2.45, 2.75) is 6.54 Å². The Kier molecular flexibility index (Phi) is 4.75. The zero-order chi connectivity index (χ0) is 19.7. The summed E-state index contributed by atoms with van der Waals surface area (Å²) >= 11 is 5.90. The minimum Gasteiger partial charge on any atom is -0.497 e. The Bertz CT molecular complexity index is 1220.